The number of hydrogen-bond acceptors (Lipinski definition) is 6. The van der Waals surface area contributed by atoms with Gasteiger partial charge in [-0.25, -0.2) is 8.42 Å². The number of nitro groups is 1. The molecule has 2 aromatic rings. The van der Waals surface area contributed by atoms with Crippen LogP contribution in [0.4, 0.5) is 5.69 Å². The average molecular weight is 361 g/mol. The van der Waals surface area contributed by atoms with E-state index in [4.69, 9.17) is 0 Å². The number of aliphatic carboxylic acids is 1. The summed E-state index contributed by atoms with van der Waals surface area (Å²) in [6, 6.07) is 10.3. The second-order valence-corrected chi connectivity index (χ2v) is 7.44. The number of sulfonamides is 1. The highest BCUT2D eigenvalue weighted by Gasteiger charge is 2.39. The van der Waals surface area contributed by atoms with Gasteiger partial charge in [0.15, 0.2) is 4.90 Å². The van der Waals surface area contributed by atoms with Crippen molar-refractivity contribution in [2.75, 3.05) is 0 Å². The fraction of sp³-hybridized carbons (Fsp3) is 0.188. The van der Waals surface area contributed by atoms with E-state index in [0.29, 0.717) is 11.1 Å². The van der Waals surface area contributed by atoms with Crippen LogP contribution < -0.4 is 5.11 Å². The summed E-state index contributed by atoms with van der Waals surface area (Å²) in [5.74, 6) is -1.54. The minimum Gasteiger partial charge on any atom is -0.548 e. The van der Waals surface area contributed by atoms with Crippen molar-refractivity contribution in [2.45, 2.75) is 23.9 Å². The number of hydrogen-bond donors (Lipinski definition) is 0. The van der Waals surface area contributed by atoms with Gasteiger partial charge in [-0.2, -0.15) is 4.31 Å². The summed E-state index contributed by atoms with van der Waals surface area (Å²) in [6.45, 7) is -0.191. The quantitative estimate of drug-likeness (QED) is 0.576. The van der Waals surface area contributed by atoms with Crippen LogP contribution in [0.1, 0.15) is 11.1 Å². The molecule has 0 radical (unpaired) electrons. The molecule has 0 aliphatic carbocycles. The van der Waals surface area contributed by atoms with Gasteiger partial charge >= 0.3 is 0 Å². The highest BCUT2D eigenvalue weighted by molar-refractivity contribution is 7.89. The molecule has 1 aliphatic rings. The Kier molecular flexibility index (Phi) is 4.27. The van der Waals surface area contributed by atoms with Crippen LogP contribution in [0.2, 0.25) is 0 Å². The largest absolute Gasteiger partial charge is 0.548 e. The molecule has 0 saturated carbocycles. The van der Waals surface area contributed by atoms with Gasteiger partial charge in [-0.15, -0.1) is 0 Å². The molecule has 1 atom stereocenters. The summed E-state index contributed by atoms with van der Waals surface area (Å²) in [5, 5.41) is 22.7. The molecular formula is C16H13N2O6S-. The van der Waals surface area contributed by atoms with Gasteiger partial charge < -0.3 is 9.90 Å². The van der Waals surface area contributed by atoms with Gasteiger partial charge in [0.2, 0.25) is 0 Å². The van der Waals surface area contributed by atoms with Crippen molar-refractivity contribution in [1.29, 1.82) is 0 Å². The van der Waals surface area contributed by atoms with Gasteiger partial charge in [-0.3, -0.25) is 10.1 Å². The van der Waals surface area contributed by atoms with Crippen LogP contribution in [0.15, 0.2) is 53.4 Å². The predicted molar refractivity (Wildman–Crippen MR) is 84.8 cm³/mol. The summed E-state index contributed by atoms with van der Waals surface area (Å²) in [6.07, 6.45) is -0.0572. The molecule has 0 spiro atoms. The van der Waals surface area contributed by atoms with Gasteiger partial charge in [-0.1, -0.05) is 36.4 Å². The summed E-state index contributed by atoms with van der Waals surface area (Å²) in [5.41, 5.74) is 0.770. The molecule has 1 aliphatic heterocycles. The molecule has 9 heteroatoms. The minimum absolute atomic E-state index is 0.0572. The molecule has 25 heavy (non-hydrogen) atoms. The lowest BCUT2D eigenvalue weighted by molar-refractivity contribution is -0.387. The Balaban J connectivity index is 2.13. The normalized spacial score (nSPS) is 17.7. The van der Waals surface area contributed by atoms with Gasteiger partial charge in [0.25, 0.3) is 15.7 Å². The standard InChI is InChI=1S/C16H14N2O6S/c19-16(20)14-9-11-5-1-2-6-12(11)10-17(14)25(23,24)15-8-4-3-7-13(15)18(21)22/h1-8,14H,9-10H2,(H,19,20)/p-1/t14-/m0/s1. The summed E-state index contributed by atoms with van der Waals surface area (Å²) in [7, 11) is -4.40. The average Bonchev–Trinajstić information content (AvgIpc) is 2.60. The van der Waals surface area contributed by atoms with E-state index in [1.165, 1.54) is 12.1 Å². The monoisotopic (exact) mass is 361 g/mol. The van der Waals surface area contributed by atoms with E-state index < -0.39 is 37.5 Å². The molecule has 2 aromatic carbocycles. The third kappa shape index (κ3) is 2.99. The molecule has 8 nitrogen and oxygen atoms in total. The Hall–Kier alpha value is -2.78. The van der Waals surface area contributed by atoms with Crippen LogP contribution in [-0.2, 0) is 27.8 Å². The fourth-order valence-corrected chi connectivity index (χ4v) is 4.62. The minimum atomic E-state index is -4.40. The van der Waals surface area contributed by atoms with Crippen molar-refractivity contribution in [3.63, 3.8) is 0 Å². The van der Waals surface area contributed by atoms with E-state index in [9.17, 15) is 28.4 Å². The Labute approximate surface area is 143 Å². The first-order chi connectivity index (χ1) is 11.8. The van der Waals surface area contributed by atoms with E-state index in [1.54, 1.807) is 24.3 Å². The number of fused-ring (bicyclic) bond motifs is 1. The Morgan fingerprint density at radius 3 is 2.32 bits per heavy atom. The van der Waals surface area contributed by atoms with E-state index in [-0.39, 0.29) is 13.0 Å². The number of nitrogens with zero attached hydrogens (tertiary/aromatic N) is 2. The Bertz CT molecular complexity index is 957. The summed E-state index contributed by atoms with van der Waals surface area (Å²) < 4.78 is 26.7. The second kappa shape index (κ2) is 6.26. The maximum atomic E-state index is 13.0. The van der Waals surface area contributed by atoms with E-state index in [0.717, 1.165) is 16.4 Å². The molecule has 0 N–H and O–H groups in total. The van der Waals surface area contributed by atoms with Crippen molar-refractivity contribution in [2.24, 2.45) is 0 Å². The van der Waals surface area contributed by atoms with Gasteiger partial charge in [0, 0.05) is 12.6 Å². The number of carbonyl (C=O) groups is 1. The first-order valence-corrected chi connectivity index (χ1v) is 8.79. The zero-order valence-electron chi connectivity index (χ0n) is 12.9. The van der Waals surface area contributed by atoms with Crippen molar-refractivity contribution < 1.29 is 23.2 Å². The molecule has 0 amide bonds. The number of benzene rings is 2. The van der Waals surface area contributed by atoms with Gasteiger partial charge in [-0.05, 0) is 23.6 Å². The van der Waals surface area contributed by atoms with Crippen molar-refractivity contribution in [1.82, 2.24) is 4.31 Å². The molecule has 0 bridgehead atoms. The molecule has 0 saturated heterocycles. The summed E-state index contributed by atoms with van der Waals surface area (Å²) in [4.78, 5) is 21.3. The lowest BCUT2D eigenvalue weighted by Gasteiger charge is -2.36. The molecule has 130 valence electrons. The van der Waals surface area contributed by atoms with Crippen LogP contribution in [0.5, 0.6) is 0 Å². The number of carboxylic acids is 1. The zero-order valence-corrected chi connectivity index (χ0v) is 13.7. The zero-order chi connectivity index (χ0) is 18.2. The van der Waals surface area contributed by atoms with Crippen LogP contribution in [0.3, 0.4) is 0 Å². The van der Waals surface area contributed by atoms with E-state index in [2.05, 4.69) is 0 Å². The third-order valence-corrected chi connectivity index (χ3v) is 6.03. The second-order valence-electron chi connectivity index (χ2n) is 5.58. The Morgan fingerprint density at radius 2 is 1.68 bits per heavy atom. The smallest absolute Gasteiger partial charge is 0.289 e. The van der Waals surface area contributed by atoms with Crippen molar-refractivity contribution >= 4 is 21.7 Å². The number of para-hydroxylation sites is 1. The molecule has 1 heterocycles. The first-order valence-electron chi connectivity index (χ1n) is 7.35. The van der Waals surface area contributed by atoms with E-state index >= 15 is 0 Å². The van der Waals surface area contributed by atoms with Crippen molar-refractivity contribution in [3.8, 4) is 0 Å². The molecule has 3 rings (SSSR count). The number of nitro benzene ring substituents is 1. The molecule has 0 unspecified atom stereocenters. The maximum Gasteiger partial charge on any atom is 0.289 e. The fourth-order valence-electron chi connectivity index (χ4n) is 2.90. The number of carboxylic acid groups (broad SMARTS) is 1. The lowest BCUT2D eigenvalue weighted by Crippen LogP contribution is -2.53. The van der Waals surface area contributed by atoms with Crippen LogP contribution >= 0.6 is 0 Å². The Morgan fingerprint density at radius 1 is 1.08 bits per heavy atom. The molecule has 0 aromatic heterocycles. The third-order valence-electron chi connectivity index (χ3n) is 4.13. The van der Waals surface area contributed by atoms with Crippen LogP contribution in [0, 0.1) is 10.1 Å². The number of carbonyl (C=O) groups excluding carboxylic acids is 1. The summed E-state index contributed by atoms with van der Waals surface area (Å²) >= 11 is 0. The van der Waals surface area contributed by atoms with E-state index in [1.807, 2.05) is 0 Å². The number of rotatable bonds is 4. The van der Waals surface area contributed by atoms with Crippen LogP contribution in [-0.4, -0.2) is 29.7 Å². The van der Waals surface area contributed by atoms with Gasteiger partial charge in [0.1, 0.15) is 0 Å². The van der Waals surface area contributed by atoms with Gasteiger partial charge in [0.05, 0.1) is 16.9 Å². The topological polar surface area (TPSA) is 121 Å². The highest BCUT2D eigenvalue weighted by Crippen LogP contribution is 2.32. The lowest BCUT2D eigenvalue weighted by atomic mass is 9.96. The highest BCUT2D eigenvalue weighted by atomic mass is 32.2. The van der Waals surface area contributed by atoms with Crippen LogP contribution in [0.25, 0.3) is 0 Å². The van der Waals surface area contributed by atoms with Crippen molar-refractivity contribution in [3.05, 3.63) is 69.8 Å². The molecular weight excluding hydrogens is 348 g/mol. The first kappa shape index (κ1) is 17.1. The maximum absolute atomic E-state index is 13.0. The SMILES string of the molecule is O=C([O-])[C@@H]1Cc2ccccc2CN1S(=O)(=O)c1ccccc1[N+](=O)[O-]. The molecule has 0 fully saturated rings. The predicted octanol–water partition coefficient (Wildman–Crippen LogP) is 0.460.